The number of aryl methyl sites for hydroxylation is 1. The standard InChI is InChI=1S/C14H19N3O3S/c1-8(12(18)17-6-2-3-7-17)15-14-16-11-9(13(19)20)4-5-10(11)21-14/h8-9H,2-7H2,1H3,(H,15,16)(H,19,20). The number of thiazole rings is 1. The average Bonchev–Trinajstić information content (AvgIpc) is 3.12. The van der Waals surface area contributed by atoms with E-state index in [9.17, 15) is 9.59 Å². The van der Waals surface area contributed by atoms with Gasteiger partial charge in [-0.05, 0) is 32.6 Å². The number of carboxylic acid groups (broad SMARTS) is 1. The fraction of sp³-hybridized carbons (Fsp3) is 0.643. The van der Waals surface area contributed by atoms with Crippen LogP contribution >= 0.6 is 11.3 Å². The van der Waals surface area contributed by atoms with Crippen LogP contribution in [-0.2, 0) is 16.0 Å². The molecule has 1 fully saturated rings. The molecule has 1 saturated heterocycles. The van der Waals surface area contributed by atoms with Gasteiger partial charge >= 0.3 is 5.97 Å². The number of rotatable bonds is 4. The molecule has 2 aliphatic rings. The Morgan fingerprint density at radius 1 is 1.43 bits per heavy atom. The number of carboxylic acids is 1. The van der Waals surface area contributed by atoms with Gasteiger partial charge in [0.15, 0.2) is 5.13 Å². The maximum atomic E-state index is 12.2. The van der Waals surface area contributed by atoms with E-state index in [2.05, 4.69) is 10.3 Å². The molecule has 2 atom stereocenters. The molecule has 0 aromatic carbocycles. The summed E-state index contributed by atoms with van der Waals surface area (Å²) in [6.07, 6.45) is 3.54. The highest BCUT2D eigenvalue weighted by Crippen LogP contribution is 2.38. The van der Waals surface area contributed by atoms with Crippen LogP contribution in [0.15, 0.2) is 0 Å². The van der Waals surface area contributed by atoms with Crippen LogP contribution in [0.3, 0.4) is 0 Å². The molecule has 0 radical (unpaired) electrons. The van der Waals surface area contributed by atoms with Gasteiger partial charge in [-0.15, -0.1) is 11.3 Å². The molecule has 2 unspecified atom stereocenters. The molecule has 1 amide bonds. The van der Waals surface area contributed by atoms with Gasteiger partial charge in [0.1, 0.15) is 12.0 Å². The molecular weight excluding hydrogens is 290 g/mol. The third-order valence-corrected chi connectivity index (χ3v) is 5.21. The highest BCUT2D eigenvalue weighted by Gasteiger charge is 2.33. The van der Waals surface area contributed by atoms with Crippen molar-refractivity contribution in [2.45, 2.75) is 44.6 Å². The number of amides is 1. The highest BCUT2D eigenvalue weighted by molar-refractivity contribution is 7.15. The summed E-state index contributed by atoms with van der Waals surface area (Å²) >= 11 is 1.48. The molecule has 1 aliphatic heterocycles. The van der Waals surface area contributed by atoms with Gasteiger partial charge in [0, 0.05) is 18.0 Å². The van der Waals surface area contributed by atoms with Crippen LogP contribution in [-0.4, -0.2) is 46.0 Å². The number of nitrogens with zero attached hydrogens (tertiary/aromatic N) is 2. The summed E-state index contributed by atoms with van der Waals surface area (Å²) in [7, 11) is 0. The lowest BCUT2D eigenvalue weighted by molar-refractivity contribution is -0.138. The molecule has 21 heavy (non-hydrogen) atoms. The van der Waals surface area contributed by atoms with Crippen LogP contribution in [0.2, 0.25) is 0 Å². The number of carbonyl (C=O) groups is 2. The molecule has 1 aliphatic carbocycles. The lowest BCUT2D eigenvalue weighted by Gasteiger charge is -2.20. The fourth-order valence-corrected chi connectivity index (χ4v) is 4.11. The summed E-state index contributed by atoms with van der Waals surface area (Å²) in [5.74, 6) is -1.21. The smallest absolute Gasteiger partial charge is 0.312 e. The molecule has 0 spiro atoms. The van der Waals surface area contributed by atoms with Crippen molar-refractivity contribution in [3.05, 3.63) is 10.6 Å². The Morgan fingerprint density at radius 2 is 2.14 bits per heavy atom. The minimum Gasteiger partial charge on any atom is -0.481 e. The monoisotopic (exact) mass is 309 g/mol. The number of hydrogen-bond donors (Lipinski definition) is 2. The van der Waals surface area contributed by atoms with Gasteiger partial charge in [0.25, 0.3) is 0 Å². The van der Waals surface area contributed by atoms with E-state index in [-0.39, 0.29) is 11.9 Å². The molecule has 6 nitrogen and oxygen atoms in total. The summed E-state index contributed by atoms with van der Waals surface area (Å²) < 4.78 is 0. The first-order chi connectivity index (χ1) is 10.1. The normalized spacial score (nSPS) is 22.1. The molecule has 2 heterocycles. The summed E-state index contributed by atoms with van der Waals surface area (Å²) in [5.41, 5.74) is 0.677. The predicted molar refractivity (Wildman–Crippen MR) is 79.7 cm³/mol. The second-order valence-electron chi connectivity index (χ2n) is 5.66. The van der Waals surface area contributed by atoms with E-state index >= 15 is 0 Å². The molecule has 3 rings (SSSR count). The Morgan fingerprint density at radius 3 is 2.81 bits per heavy atom. The lowest BCUT2D eigenvalue weighted by atomic mass is 10.1. The van der Waals surface area contributed by atoms with Crippen molar-refractivity contribution in [3.8, 4) is 0 Å². The van der Waals surface area contributed by atoms with Gasteiger partial charge < -0.3 is 15.3 Å². The van der Waals surface area contributed by atoms with Crippen LogP contribution in [0, 0.1) is 0 Å². The van der Waals surface area contributed by atoms with Crippen LogP contribution < -0.4 is 5.32 Å². The van der Waals surface area contributed by atoms with Crippen LogP contribution in [0.25, 0.3) is 0 Å². The number of aliphatic carboxylic acids is 1. The topological polar surface area (TPSA) is 82.5 Å². The van der Waals surface area contributed by atoms with Crippen molar-refractivity contribution in [2.24, 2.45) is 0 Å². The second kappa shape index (κ2) is 5.63. The van der Waals surface area contributed by atoms with Gasteiger partial charge in [-0.2, -0.15) is 0 Å². The van der Waals surface area contributed by atoms with Crippen molar-refractivity contribution in [1.82, 2.24) is 9.88 Å². The van der Waals surface area contributed by atoms with Gasteiger partial charge in [0.2, 0.25) is 5.91 Å². The minimum absolute atomic E-state index is 0.0950. The predicted octanol–water partition coefficient (Wildman–Crippen LogP) is 1.68. The zero-order valence-corrected chi connectivity index (χ0v) is 12.8. The van der Waals surface area contributed by atoms with Gasteiger partial charge in [-0.25, -0.2) is 4.98 Å². The van der Waals surface area contributed by atoms with Crippen LogP contribution in [0.5, 0.6) is 0 Å². The SMILES string of the molecule is CC(Nc1nc2c(s1)CCC2C(=O)O)C(=O)N1CCCC1. The number of likely N-dealkylation sites (tertiary alicyclic amines) is 1. The van der Waals surface area contributed by atoms with E-state index < -0.39 is 11.9 Å². The van der Waals surface area contributed by atoms with Crippen molar-refractivity contribution >= 4 is 28.3 Å². The minimum atomic E-state index is -0.813. The number of anilines is 1. The molecule has 0 saturated carbocycles. The maximum Gasteiger partial charge on any atom is 0.312 e. The molecule has 1 aromatic rings. The second-order valence-corrected chi connectivity index (χ2v) is 6.74. The molecule has 1 aromatic heterocycles. The van der Waals surface area contributed by atoms with Gasteiger partial charge in [-0.1, -0.05) is 0 Å². The Hall–Kier alpha value is -1.63. The quantitative estimate of drug-likeness (QED) is 0.884. The third-order valence-electron chi connectivity index (χ3n) is 4.14. The first-order valence-electron chi connectivity index (χ1n) is 7.34. The number of hydrogen-bond acceptors (Lipinski definition) is 5. The zero-order valence-electron chi connectivity index (χ0n) is 12.0. The summed E-state index contributed by atoms with van der Waals surface area (Å²) in [5, 5.41) is 13.0. The lowest BCUT2D eigenvalue weighted by Crippen LogP contribution is -2.39. The zero-order chi connectivity index (χ0) is 15.0. The summed E-state index contributed by atoms with van der Waals surface area (Å²) in [4.78, 5) is 30.7. The van der Waals surface area contributed by atoms with Gasteiger partial charge in [0.05, 0.1) is 5.69 Å². The third kappa shape index (κ3) is 2.74. The van der Waals surface area contributed by atoms with E-state index in [1.165, 1.54) is 11.3 Å². The number of fused-ring (bicyclic) bond motifs is 1. The van der Waals surface area contributed by atoms with E-state index in [4.69, 9.17) is 5.11 Å². The largest absolute Gasteiger partial charge is 0.481 e. The van der Waals surface area contributed by atoms with Crippen molar-refractivity contribution in [2.75, 3.05) is 18.4 Å². The Kier molecular flexibility index (Phi) is 3.84. The highest BCUT2D eigenvalue weighted by atomic mass is 32.1. The molecule has 7 heteroatoms. The first-order valence-corrected chi connectivity index (χ1v) is 8.15. The van der Waals surface area contributed by atoms with Crippen molar-refractivity contribution in [3.63, 3.8) is 0 Å². The Balaban J connectivity index is 1.67. The van der Waals surface area contributed by atoms with Crippen molar-refractivity contribution in [1.29, 1.82) is 0 Å². The maximum absolute atomic E-state index is 12.2. The Labute approximate surface area is 127 Å². The number of carbonyl (C=O) groups excluding carboxylic acids is 1. The van der Waals surface area contributed by atoms with E-state index in [1.54, 1.807) is 0 Å². The molecule has 114 valence electrons. The van der Waals surface area contributed by atoms with Crippen LogP contribution in [0.4, 0.5) is 5.13 Å². The first kappa shape index (κ1) is 14.3. The fourth-order valence-electron chi connectivity index (χ4n) is 2.99. The molecular formula is C14H19N3O3S. The van der Waals surface area contributed by atoms with Crippen molar-refractivity contribution < 1.29 is 14.7 Å². The van der Waals surface area contributed by atoms with E-state index in [0.29, 0.717) is 17.2 Å². The molecule has 0 bridgehead atoms. The molecule has 2 N–H and O–H groups in total. The van der Waals surface area contributed by atoms with E-state index in [0.717, 1.165) is 37.2 Å². The summed E-state index contributed by atoms with van der Waals surface area (Å²) in [6, 6.07) is -0.322. The van der Waals surface area contributed by atoms with E-state index in [1.807, 2.05) is 11.8 Å². The average molecular weight is 309 g/mol. The Bertz CT molecular complexity index is 566. The van der Waals surface area contributed by atoms with Gasteiger partial charge in [-0.3, -0.25) is 9.59 Å². The summed E-state index contributed by atoms with van der Waals surface area (Å²) in [6.45, 7) is 3.50. The number of nitrogens with one attached hydrogen (secondary N) is 1. The van der Waals surface area contributed by atoms with Crippen LogP contribution in [0.1, 0.15) is 42.7 Å². The number of aromatic nitrogens is 1.